The third kappa shape index (κ3) is 6.16. The van der Waals surface area contributed by atoms with Crippen LogP contribution in [0.15, 0.2) is 0 Å². The second-order valence-corrected chi connectivity index (χ2v) is 4.38. The van der Waals surface area contributed by atoms with Crippen molar-refractivity contribution in [1.82, 2.24) is 0 Å². The Kier molecular flexibility index (Phi) is 4.24. The van der Waals surface area contributed by atoms with Crippen molar-refractivity contribution in [2.24, 2.45) is 5.92 Å². The third-order valence-electron chi connectivity index (χ3n) is 1.79. The van der Waals surface area contributed by atoms with Crippen molar-refractivity contribution in [3.63, 3.8) is 0 Å². The second kappa shape index (κ2) is 4.45. The topological polar surface area (TPSA) is 37.3 Å². The maximum Gasteiger partial charge on any atom is 0.309 e. The van der Waals surface area contributed by atoms with Crippen LogP contribution in [0, 0.1) is 5.92 Å². The number of carbonyl (C=O) groups is 1. The lowest BCUT2D eigenvalue weighted by Crippen LogP contribution is -2.43. The molecular formula is C9H20NO2+. The van der Waals surface area contributed by atoms with Gasteiger partial charge in [0.1, 0.15) is 0 Å². The molecule has 0 bridgehead atoms. The van der Waals surface area contributed by atoms with Crippen LogP contribution in [-0.4, -0.2) is 42.7 Å². The van der Waals surface area contributed by atoms with Gasteiger partial charge in [-0.2, -0.15) is 0 Å². The van der Waals surface area contributed by atoms with Gasteiger partial charge in [-0.25, -0.2) is 0 Å². The Morgan fingerprint density at radius 2 is 1.92 bits per heavy atom. The average Bonchev–Trinajstić information content (AvgIpc) is 1.81. The first-order chi connectivity index (χ1) is 5.33. The van der Waals surface area contributed by atoms with Gasteiger partial charge in [-0.1, -0.05) is 13.8 Å². The lowest BCUT2D eigenvalue weighted by molar-refractivity contribution is -0.892. The highest BCUT2D eigenvalue weighted by Crippen LogP contribution is 2.05. The van der Waals surface area contributed by atoms with E-state index in [9.17, 15) is 4.79 Å². The molecule has 0 spiro atoms. The van der Waals surface area contributed by atoms with Gasteiger partial charge < -0.3 is 9.59 Å². The summed E-state index contributed by atoms with van der Waals surface area (Å²) in [6.45, 7) is 6.06. The van der Waals surface area contributed by atoms with Gasteiger partial charge >= 0.3 is 5.97 Å². The predicted octanol–water partition coefficient (Wildman–Crippen LogP) is 1.19. The first kappa shape index (κ1) is 11.4. The Labute approximate surface area is 74.6 Å². The van der Waals surface area contributed by atoms with Crippen molar-refractivity contribution in [2.45, 2.75) is 20.3 Å². The highest BCUT2D eigenvalue weighted by molar-refractivity contribution is 5.66. The Bertz CT molecular complexity index is 153. The molecule has 3 nitrogen and oxygen atoms in total. The van der Waals surface area contributed by atoms with Gasteiger partial charge in [0.25, 0.3) is 0 Å². The van der Waals surface area contributed by atoms with Crippen LogP contribution >= 0.6 is 0 Å². The summed E-state index contributed by atoms with van der Waals surface area (Å²) in [6, 6.07) is 0. The SMILES string of the molecule is CC(C)C[N+](C)(C)CCC(=O)O. The minimum absolute atomic E-state index is 0.264. The quantitative estimate of drug-likeness (QED) is 0.636. The number of quaternary nitrogens is 1. The molecule has 0 saturated heterocycles. The van der Waals surface area contributed by atoms with Crippen LogP contribution in [0.3, 0.4) is 0 Å². The third-order valence-corrected chi connectivity index (χ3v) is 1.79. The zero-order chi connectivity index (χ0) is 9.78. The lowest BCUT2D eigenvalue weighted by Gasteiger charge is -2.30. The standard InChI is InChI=1S/C9H19NO2/c1-8(2)7-10(3,4)6-5-9(11)12/h8H,5-7H2,1-4H3/p+1. The van der Waals surface area contributed by atoms with E-state index in [1.807, 2.05) is 0 Å². The van der Waals surface area contributed by atoms with Crippen molar-refractivity contribution in [2.75, 3.05) is 27.2 Å². The molecule has 0 unspecified atom stereocenters. The van der Waals surface area contributed by atoms with Crippen LogP contribution in [-0.2, 0) is 4.79 Å². The minimum atomic E-state index is -0.704. The van der Waals surface area contributed by atoms with Crippen LogP contribution in [0.5, 0.6) is 0 Å². The van der Waals surface area contributed by atoms with E-state index in [1.165, 1.54) is 0 Å². The maximum absolute atomic E-state index is 10.3. The number of carboxylic acid groups (broad SMARTS) is 1. The van der Waals surface area contributed by atoms with Gasteiger partial charge in [0.2, 0.25) is 0 Å². The van der Waals surface area contributed by atoms with Crippen molar-refractivity contribution >= 4 is 5.97 Å². The molecule has 3 heteroatoms. The summed E-state index contributed by atoms with van der Waals surface area (Å²) in [5.41, 5.74) is 0. The van der Waals surface area contributed by atoms with Crippen LogP contribution < -0.4 is 0 Å². The molecule has 0 aliphatic heterocycles. The Hall–Kier alpha value is -0.570. The molecule has 0 radical (unpaired) electrons. The molecule has 0 fully saturated rings. The number of hydrogen-bond donors (Lipinski definition) is 1. The summed E-state index contributed by atoms with van der Waals surface area (Å²) in [4.78, 5) is 10.3. The monoisotopic (exact) mass is 174 g/mol. The van der Waals surface area contributed by atoms with Crippen LogP contribution in [0.1, 0.15) is 20.3 Å². The van der Waals surface area contributed by atoms with Crippen molar-refractivity contribution in [1.29, 1.82) is 0 Å². The van der Waals surface area contributed by atoms with E-state index < -0.39 is 5.97 Å². The molecule has 0 aliphatic rings. The zero-order valence-corrected chi connectivity index (χ0v) is 8.50. The molecule has 0 aromatic heterocycles. The molecule has 12 heavy (non-hydrogen) atoms. The zero-order valence-electron chi connectivity index (χ0n) is 8.50. The fraction of sp³-hybridized carbons (Fsp3) is 0.889. The number of hydrogen-bond acceptors (Lipinski definition) is 1. The van der Waals surface area contributed by atoms with Gasteiger partial charge in [0.15, 0.2) is 0 Å². The fourth-order valence-corrected chi connectivity index (χ4v) is 1.48. The molecule has 1 N–H and O–H groups in total. The normalized spacial score (nSPS) is 12.1. The number of aliphatic carboxylic acids is 1. The smallest absolute Gasteiger partial charge is 0.309 e. The molecule has 0 atom stereocenters. The van der Waals surface area contributed by atoms with E-state index in [2.05, 4.69) is 27.9 Å². The van der Waals surface area contributed by atoms with Gasteiger partial charge in [-0.05, 0) is 0 Å². The second-order valence-electron chi connectivity index (χ2n) is 4.38. The summed E-state index contributed by atoms with van der Waals surface area (Å²) >= 11 is 0. The van der Waals surface area contributed by atoms with Crippen LogP contribution in [0.4, 0.5) is 0 Å². The van der Waals surface area contributed by atoms with E-state index in [4.69, 9.17) is 5.11 Å². The minimum Gasteiger partial charge on any atom is -0.481 e. The van der Waals surface area contributed by atoms with Crippen LogP contribution in [0.25, 0.3) is 0 Å². The molecule has 0 rings (SSSR count). The molecule has 0 aliphatic carbocycles. The van der Waals surface area contributed by atoms with Crippen LogP contribution in [0.2, 0.25) is 0 Å². The molecule has 0 amide bonds. The maximum atomic E-state index is 10.3. The molecule has 0 heterocycles. The van der Waals surface area contributed by atoms with Gasteiger partial charge in [-0.15, -0.1) is 0 Å². The van der Waals surface area contributed by atoms with Gasteiger partial charge in [0.05, 0.1) is 33.6 Å². The summed E-state index contributed by atoms with van der Waals surface area (Å²) in [6.07, 6.45) is 0.264. The van der Waals surface area contributed by atoms with Gasteiger partial charge in [-0.3, -0.25) is 4.79 Å². The number of carboxylic acids is 1. The highest BCUT2D eigenvalue weighted by Gasteiger charge is 2.17. The van der Waals surface area contributed by atoms with E-state index in [1.54, 1.807) is 0 Å². The molecule has 72 valence electrons. The summed E-state index contributed by atoms with van der Waals surface area (Å²) < 4.78 is 0.796. The first-order valence-corrected chi connectivity index (χ1v) is 4.37. The molecular weight excluding hydrogens is 154 g/mol. The van der Waals surface area contributed by atoms with E-state index >= 15 is 0 Å². The number of rotatable bonds is 5. The molecule has 0 aromatic rings. The number of nitrogens with zero attached hydrogens (tertiary/aromatic N) is 1. The van der Waals surface area contributed by atoms with Crippen molar-refractivity contribution < 1.29 is 14.4 Å². The lowest BCUT2D eigenvalue weighted by atomic mass is 10.2. The Balaban J connectivity index is 3.78. The van der Waals surface area contributed by atoms with Gasteiger partial charge in [0, 0.05) is 5.92 Å². The molecule has 0 aromatic carbocycles. The van der Waals surface area contributed by atoms with Crippen molar-refractivity contribution in [3.8, 4) is 0 Å². The largest absolute Gasteiger partial charge is 0.481 e. The summed E-state index contributed by atoms with van der Waals surface area (Å²) in [7, 11) is 4.14. The average molecular weight is 174 g/mol. The Morgan fingerprint density at radius 3 is 2.25 bits per heavy atom. The van der Waals surface area contributed by atoms with E-state index in [-0.39, 0.29) is 6.42 Å². The molecule has 0 saturated carbocycles. The van der Waals surface area contributed by atoms with E-state index in [0.29, 0.717) is 12.5 Å². The first-order valence-electron chi connectivity index (χ1n) is 4.37. The predicted molar refractivity (Wildman–Crippen MR) is 48.9 cm³/mol. The summed E-state index contributed by atoms with van der Waals surface area (Å²) in [5, 5.41) is 8.50. The van der Waals surface area contributed by atoms with E-state index in [0.717, 1.165) is 11.0 Å². The van der Waals surface area contributed by atoms with Crippen molar-refractivity contribution in [3.05, 3.63) is 0 Å². The summed E-state index contributed by atoms with van der Waals surface area (Å²) in [5.74, 6) is -0.0845. The fourth-order valence-electron chi connectivity index (χ4n) is 1.48. The Morgan fingerprint density at radius 1 is 1.42 bits per heavy atom. The highest BCUT2D eigenvalue weighted by atomic mass is 16.4.